The van der Waals surface area contributed by atoms with Crippen LogP contribution in [-0.2, 0) is 0 Å². The van der Waals surface area contributed by atoms with Crippen LogP contribution < -0.4 is 0 Å². The van der Waals surface area contributed by atoms with Gasteiger partial charge in [0.25, 0.3) is 0 Å². The molecular formula is C59H43N7. The van der Waals surface area contributed by atoms with Crippen molar-refractivity contribution in [3.63, 3.8) is 0 Å². The summed E-state index contributed by atoms with van der Waals surface area (Å²) in [5, 5.41) is 10.1. The molecule has 0 bridgehead atoms. The van der Waals surface area contributed by atoms with E-state index in [0.717, 1.165) is 89.0 Å². The highest BCUT2D eigenvalue weighted by molar-refractivity contribution is 5.96. The summed E-state index contributed by atoms with van der Waals surface area (Å²) in [7, 11) is 0. The van der Waals surface area contributed by atoms with Crippen LogP contribution >= 0.6 is 0 Å². The molecule has 0 radical (unpaired) electrons. The normalized spacial score (nSPS) is 11.0. The molecule has 0 aliphatic heterocycles. The first kappa shape index (κ1) is 41.3. The van der Waals surface area contributed by atoms with Crippen molar-refractivity contribution in [1.29, 1.82) is 5.26 Å². The minimum atomic E-state index is 0.572. The minimum Gasteiger partial charge on any atom is -0.208 e. The number of nitrogens with zero attached hydrogens (tertiary/aromatic N) is 7. The summed E-state index contributed by atoms with van der Waals surface area (Å²) < 4.78 is 0. The summed E-state index contributed by atoms with van der Waals surface area (Å²) in [4.78, 5) is 30.2. The lowest BCUT2D eigenvalue weighted by molar-refractivity contribution is 1.07. The lowest BCUT2D eigenvalue weighted by atomic mass is 9.86. The Balaban J connectivity index is 1.12. The van der Waals surface area contributed by atoms with Crippen LogP contribution in [-0.4, -0.2) is 29.9 Å². The molecular weight excluding hydrogens is 807 g/mol. The average molecular weight is 850 g/mol. The van der Waals surface area contributed by atoms with Crippen LogP contribution in [0.1, 0.15) is 27.8 Å². The first-order chi connectivity index (χ1) is 32.2. The molecule has 314 valence electrons. The molecule has 10 aromatic rings. The molecule has 0 spiro atoms. The Labute approximate surface area is 384 Å². The predicted octanol–water partition coefficient (Wildman–Crippen LogP) is 14.2. The van der Waals surface area contributed by atoms with Crippen molar-refractivity contribution in [3.8, 4) is 108 Å². The topological polar surface area (TPSA) is 101 Å². The van der Waals surface area contributed by atoms with E-state index in [1.165, 1.54) is 0 Å². The van der Waals surface area contributed by atoms with E-state index < -0.39 is 0 Å². The predicted molar refractivity (Wildman–Crippen MR) is 266 cm³/mol. The van der Waals surface area contributed by atoms with Gasteiger partial charge in [-0.1, -0.05) is 186 Å². The zero-order valence-corrected chi connectivity index (χ0v) is 37.0. The Morgan fingerprint density at radius 1 is 0.288 bits per heavy atom. The molecule has 0 aliphatic carbocycles. The summed E-state index contributed by atoms with van der Waals surface area (Å²) in [6.45, 7) is 8.29. The maximum atomic E-state index is 10.1. The Kier molecular flexibility index (Phi) is 11.1. The quantitative estimate of drug-likeness (QED) is 0.143. The van der Waals surface area contributed by atoms with E-state index in [1.807, 2.05) is 42.5 Å². The molecule has 0 unspecified atom stereocenters. The highest BCUT2D eigenvalue weighted by Crippen LogP contribution is 2.42. The van der Waals surface area contributed by atoms with Gasteiger partial charge in [0.05, 0.1) is 11.6 Å². The van der Waals surface area contributed by atoms with E-state index in [4.69, 9.17) is 29.9 Å². The zero-order chi connectivity index (χ0) is 45.1. The third-order valence-electron chi connectivity index (χ3n) is 11.7. The maximum absolute atomic E-state index is 10.1. The molecule has 0 aliphatic rings. The van der Waals surface area contributed by atoms with Gasteiger partial charge >= 0.3 is 0 Å². The van der Waals surface area contributed by atoms with Crippen LogP contribution in [0.3, 0.4) is 0 Å². The van der Waals surface area contributed by atoms with Crippen LogP contribution in [0.15, 0.2) is 188 Å². The molecule has 10 rings (SSSR count). The van der Waals surface area contributed by atoms with E-state index in [0.29, 0.717) is 40.5 Å². The van der Waals surface area contributed by atoms with Crippen LogP contribution in [0.4, 0.5) is 0 Å². The standard InChI is InChI=1S/C59H43N7/c1-37-17-25-42(26-18-37)54-61-55(43-27-19-38(2)20-28-43)64-58(63-54)49-13-6-10-46(34-49)51-15-8-16-52(53(51)48-12-5-9-41(33-48)36-60)47-11-7-14-50(35-47)59-65-56(44-29-21-39(3)22-30-44)62-57(66-59)45-31-23-40(4)24-32-45/h5-35H,1-4H3. The van der Waals surface area contributed by atoms with E-state index in [1.54, 1.807) is 0 Å². The minimum absolute atomic E-state index is 0.572. The van der Waals surface area contributed by atoms with Crippen molar-refractivity contribution in [2.24, 2.45) is 0 Å². The fourth-order valence-corrected chi connectivity index (χ4v) is 8.08. The van der Waals surface area contributed by atoms with E-state index in [9.17, 15) is 5.26 Å². The zero-order valence-electron chi connectivity index (χ0n) is 37.0. The van der Waals surface area contributed by atoms with Gasteiger partial charge in [0.2, 0.25) is 0 Å². The molecule has 7 nitrogen and oxygen atoms in total. The molecule has 7 heteroatoms. The van der Waals surface area contributed by atoms with Crippen molar-refractivity contribution < 1.29 is 0 Å². The Morgan fingerprint density at radius 2 is 0.576 bits per heavy atom. The molecule has 0 saturated carbocycles. The van der Waals surface area contributed by atoms with Crippen molar-refractivity contribution in [3.05, 3.63) is 216 Å². The number of aryl methyl sites for hydroxylation is 4. The Bertz CT molecular complexity index is 3110. The van der Waals surface area contributed by atoms with Crippen molar-refractivity contribution in [2.45, 2.75) is 27.7 Å². The van der Waals surface area contributed by atoms with Crippen molar-refractivity contribution in [2.75, 3.05) is 0 Å². The lowest BCUT2D eigenvalue weighted by Gasteiger charge is -2.18. The highest BCUT2D eigenvalue weighted by Gasteiger charge is 2.19. The van der Waals surface area contributed by atoms with E-state index in [2.05, 4.69) is 179 Å². The number of hydrogen-bond acceptors (Lipinski definition) is 7. The van der Waals surface area contributed by atoms with Crippen LogP contribution in [0, 0.1) is 39.0 Å². The average Bonchev–Trinajstić information content (AvgIpc) is 3.37. The van der Waals surface area contributed by atoms with Gasteiger partial charge in [0.1, 0.15) is 0 Å². The Morgan fingerprint density at radius 3 is 0.924 bits per heavy atom. The third-order valence-corrected chi connectivity index (χ3v) is 11.7. The highest BCUT2D eigenvalue weighted by atomic mass is 15.0. The first-order valence-corrected chi connectivity index (χ1v) is 21.9. The molecule has 0 amide bonds. The fourth-order valence-electron chi connectivity index (χ4n) is 8.08. The Hall–Kier alpha value is -8.73. The molecule has 0 atom stereocenters. The largest absolute Gasteiger partial charge is 0.208 e. The maximum Gasteiger partial charge on any atom is 0.164 e. The summed E-state index contributed by atoms with van der Waals surface area (Å²) in [6, 6.07) is 66.3. The van der Waals surface area contributed by atoms with Crippen molar-refractivity contribution >= 4 is 0 Å². The number of rotatable bonds is 9. The molecule has 8 aromatic carbocycles. The SMILES string of the molecule is Cc1ccc(-c2nc(-c3ccc(C)cc3)nc(-c3cccc(-c4cccc(-c5cccc(-c6nc(-c7ccc(C)cc7)nc(-c7ccc(C)cc7)n6)c5)c4-c4cccc(C#N)c4)c3)n2)cc1. The van der Waals surface area contributed by atoms with Gasteiger partial charge in [-0.25, -0.2) is 29.9 Å². The second kappa shape index (κ2) is 17.8. The van der Waals surface area contributed by atoms with Crippen LogP contribution in [0.2, 0.25) is 0 Å². The summed E-state index contributed by atoms with van der Waals surface area (Å²) in [5.41, 5.74) is 16.4. The molecule has 0 fully saturated rings. The van der Waals surface area contributed by atoms with Gasteiger partial charge in [0.15, 0.2) is 34.9 Å². The van der Waals surface area contributed by atoms with Crippen molar-refractivity contribution in [1.82, 2.24) is 29.9 Å². The van der Waals surface area contributed by atoms with Gasteiger partial charge in [-0.15, -0.1) is 0 Å². The molecule has 2 heterocycles. The van der Waals surface area contributed by atoms with Gasteiger partial charge in [0, 0.05) is 33.4 Å². The summed E-state index contributed by atoms with van der Waals surface area (Å²) >= 11 is 0. The van der Waals surface area contributed by atoms with Crippen LogP contribution in [0.25, 0.3) is 102 Å². The summed E-state index contributed by atoms with van der Waals surface area (Å²) in [5.74, 6) is 3.56. The first-order valence-electron chi connectivity index (χ1n) is 21.9. The van der Waals surface area contributed by atoms with Crippen LogP contribution in [0.5, 0.6) is 0 Å². The van der Waals surface area contributed by atoms with Gasteiger partial charge in [-0.3, -0.25) is 0 Å². The third kappa shape index (κ3) is 8.64. The molecule has 0 saturated heterocycles. The second-order valence-corrected chi connectivity index (χ2v) is 16.7. The fraction of sp³-hybridized carbons (Fsp3) is 0.0678. The lowest BCUT2D eigenvalue weighted by Crippen LogP contribution is -2.00. The number of hydrogen-bond donors (Lipinski definition) is 0. The second-order valence-electron chi connectivity index (χ2n) is 16.7. The van der Waals surface area contributed by atoms with Gasteiger partial charge < -0.3 is 0 Å². The van der Waals surface area contributed by atoms with E-state index in [-0.39, 0.29) is 0 Å². The number of benzene rings is 8. The summed E-state index contributed by atoms with van der Waals surface area (Å²) in [6.07, 6.45) is 0. The van der Waals surface area contributed by atoms with E-state index >= 15 is 0 Å². The van der Waals surface area contributed by atoms with Gasteiger partial charge in [-0.2, -0.15) is 5.26 Å². The smallest absolute Gasteiger partial charge is 0.164 e. The monoisotopic (exact) mass is 849 g/mol. The number of nitriles is 1. The molecule has 0 N–H and O–H groups in total. The number of aromatic nitrogens is 6. The molecule has 66 heavy (non-hydrogen) atoms. The molecule has 2 aromatic heterocycles. The van der Waals surface area contributed by atoms with Gasteiger partial charge in [-0.05, 0) is 85.3 Å².